The molecule has 2 heterocycles. The Morgan fingerprint density at radius 3 is 1.85 bits per heavy atom. The van der Waals surface area contributed by atoms with E-state index in [1.165, 1.54) is 43.9 Å². The maximum absolute atomic E-state index is 4.98. The minimum atomic E-state index is 1.01. The third-order valence-electron chi connectivity index (χ3n) is 6.58. The molecule has 154 valence electrons. The maximum Gasteiger partial charge on any atom is 0.146 e. The fourth-order valence-corrected chi connectivity index (χ4v) is 4.98. The van der Waals surface area contributed by atoms with E-state index in [1.807, 2.05) is 0 Å². The zero-order valence-corrected chi connectivity index (χ0v) is 17.9. The van der Waals surface area contributed by atoms with Crippen LogP contribution in [-0.2, 0) is 0 Å². The zero-order valence-electron chi connectivity index (χ0n) is 17.9. The molecule has 7 aromatic rings. The van der Waals surface area contributed by atoms with Crippen molar-refractivity contribution in [3.63, 3.8) is 0 Å². The largest absolute Gasteiger partial charge is 0.292 e. The van der Waals surface area contributed by atoms with Crippen molar-refractivity contribution >= 4 is 38.4 Å². The molecule has 0 aliphatic heterocycles. The number of pyridine rings is 1. The fraction of sp³-hybridized carbons (Fsp3) is 0. The van der Waals surface area contributed by atoms with Crippen molar-refractivity contribution in [1.29, 1.82) is 0 Å². The first-order valence-electron chi connectivity index (χ1n) is 11.2. The number of nitrogens with zero attached hydrogens (tertiary/aromatic N) is 2. The van der Waals surface area contributed by atoms with Crippen LogP contribution in [-0.4, -0.2) is 9.38 Å². The van der Waals surface area contributed by atoms with Gasteiger partial charge in [0.15, 0.2) is 0 Å². The lowest BCUT2D eigenvalue weighted by molar-refractivity contribution is 1.31. The Kier molecular flexibility index (Phi) is 3.88. The van der Waals surface area contributed by atoms with Gasteiger partial charge in [0.05, 0.1) is 16.6 Å². The quantitative estimate of drug-likeness (QED) is 0.258. The molecule has 0 aliphatic carbocycles. The molecule has 0 bridgehead atoms. The molecule has 7 rings (SSSR count). The van der Waals surface area contributed by atoms with Crippen molar-refractivity contribution < 1.29 is 0 Å². The van der Waals surface area contributed by atoms with Crippen molar-refractivity contribution in [2.75, 3.05) is 0 Å². The van der Waals surface area contributed by atoms with Crippen LogP contribution < -0.4 is 0 Å². The van der Waals surface area contributed by atoms with Gasteiger partial charge < -0.3 is 0 Å². The summed E-state index contributed by atoms with van der Waals surface area (Å²) in [4.78, 5) is 4.98. The van der Waals surface area contributed by atoms with Gasteiger partial charge in [0, 0.05) is 10.8 Å². The van der Waals surface area contributed by atoms with Gasteiger partial charge >= 0.3 is 0 Å². The molecule has 0 unspecified atom stereocenters. The van der Waals surface area contributed by atoms with Gasteiger partial charge in [-0.1, -0.05) is 97.1 Å². The molecule has 0 spiro atoms. The predicted octanol–water partition coefficient (Wildman–Crippen LogP) is 8.13. The van der Waals surface area contributed by atoms with Crippen LogP contribution in [0.2, 0.25) is 0 Å². The number of hydrogen-bond acceptors (Lipinski definition) is 1. The highest BCUT2D eigenvalue weighted by Crippen LogP contribution is 2.35. The van der Waals surface area contributed by atoms with Gasteiger partial charge in [0.25, 0.3) is 0 Å². The Balaban J connectivity index is 1.48. The van der Waals surface area contributed by atoms with Gasteiger partial charge in [-0.2, -0.15) is 0 Å². The molecule has 2 nitrogen and oxygen atoms in total. The van der Waals surface area contributed by atoms with E-state index in [1.54, 1.807) is 0 Å². The number of imidazole rings is 1. The molecule has 0 saturated heterocycles. The summed E-state index contributed by atoms with van der Waals surface area (Å²) in [7, 11) is 0. The molecule has 5 aromatic carbocycles. The summed E-state index contributed by atoms with van der Waals surface area (Å²) >= 11 is 0. The van der Waals surface area contributed by atoms with Gasteiger partial charge in [0.1, 0.15) is 5.65 Å². The Hall–Kier alpha value is -4.43. The van der Waals surface area contributed by atoms with Crippen LogP contribution in [0.15, 0.2) is 121 Å². The molecule has 0 radical (unpaired) electrons. The van der Waals surface area contributed by atoms with Crippen LogP contribution in [0.3, 0.4) is 0 Å². The molecule has 0 fully saturated rings. The number of rotatable bonds is 2. The van der Waals surface area contributed by atoms with Crippen molar-refractivity contribution in [3.05, 3.63) is 121 Å². The number of aromatic nitrogens is 2. The first-order chi connectivity index (χ1) is 16.4. The van der Waals surface area contributed by atoms with Crippen LogP contribution in [0.1, 0.15) is 0 Å². The predicted molar refractivity (Wildman–Crippen MR) is 139 cm³/mol. The van der Waals surface area contributed by atoms with Crippen molar-refractivity contribution in [1.82, 2.24) is 9.38 Å². The number of hydrogen-bond donors (Lipinski definition) is 0. The zero-order chi connectivity index (χ0) is 21.8. The minimum absolute atomic E-state index is 1.01. The molecular formula is C31H20N2. The Morgan fingerprint density at radius 2 is 1.03 bits per heavy atom. The van der Waals surface area contributed by atoms with Crippen LogP contribution in [0.25, 0.3) is 60.6 Å². The molecular weight excluding hydrogens is 400 g/mol. The van der Waals surface area contributed by atoms with Crippen LogP contribution in [0, 0.1) is 0 Å². The van der Waals surface area contributed by atoms with E-state index in [0.29, 0.717) is 0 Å². The van der Waals surface area contributed by atoms with E-state index in [9.17, 15) is 0 Å². The molecule has 0 saturated carbocycles. The molecule has 0 amide bonds. The molecule has 2 heteroatoms. The summed E-state index contributed by atoms with van der Waals surface area (Å²) in [6.45, 7) is 0. The first kappa shape index (κ1) is 18.2. The highest BCUT2D eigenvalue weighted by Gasteiger charge is 2.14. The second kappa shape index (κ2) is 7.04. The average Bonchev–Trinajstić information content (AvgIpc) is 3.29. The third kappa shape index (κ3) is 2.78. The summed E-state index contributed by atoms with van der Waals surface area (Å²) < 4.78 is 2.30. The number of benzene rings is 5. The van der Waals surface area contributed by atoms with E-state index in [-0.39, 0.29) is 0 Å². The standard InChI is InChI=1S/C31H20N2/c1-2-8-21(9-3-1)22-14-16-23(17-15-22)24-18-19-29-27(20-24)25-10-4-5-11-26(25)31-32-28-12-6-7-13-30(28)33(29)31/h1-20H. The lowest BCUT2D eigenvalue weighted by Crippen LogP contribution is -1.92. The van der Waals surface area contributed by atoms with Gasteiger partial charge in [-0.15, -0.1) is 0 Å². The van der Waals surface area contributed by atoms with Gasteiger partial charge in [-0.25, -0.2) is 4.98 Å². The Labute approximate surface area is 191 Å². The third-order valence-corrected chi connectivity index (χ3v) is 6.58. The summed E-state index contributed by atoms with van der Waals surface area (Å²) in [6.07, 6.45) is 0. The smallest absolute Gasteiger partial charge is 0.146 e. The number of fused-ring (bicyclic) bond motifs is 8. The molecule has 0 N–H and O–H groups in total. The Morgan fingerprint density at radius 1 is 0.424 bits per heavy atom. The normalized spacial score (nSPS) is 11.6. The lowest BCUT2D eigenvalue weighted by Gasteiger charge is -2.11. The number of para-hydroxylation sites is 2. The SMILES string of the molecule is c1ccc(-c2ccc(-c3ccc4c(c3)c3ccccc3c3nc5ccccc5n43)cc2)cc1. The second-order valence-corrected chi connectivity index (χ2v) is 8.48. The topological polar surface area (TPSA) is 17.3 Å². The van der Waals surface area contributed by atoms with Crippen LogP contribution in [0.4, 0.5) is 0 Å². The van der Waals surface area contributed by atoms with E-state index in [0.717, 1.165) is 16.7 Å². The van der Waals surface area contributed by atoms with Gasteiger partial charge in [-0.3, -0.25) is 4.40 Å². The maximum atomic E-state index is 4.98. The monoisotopic (exact) mass is 420 g/mol. The second-order valence-electron chi connectivity index (χ2n) is 8.48. The van der Waals surface area contributed by atoms with E-state index in [4.69, 9.17) is 4.98 Å². The van der Waals surface area contributed by atoms with Crippen molar-refractivity contribution in [2.45, 2.75) is 0 Å². The molecule has 0 atom stereocenters. The van der Waals surface area contributed by atoms with Crippen LogP contribution in [0.5, 0.6) is 0 Å². The van der Waals surface area contributed by atoms with Crippen molar-refractivity contribution in [3.8, 4) is 22.3 Å². The van der Waals surface area contributed by atoms with E-state index in [2.05, 4.69) is 126 Å². The highest BCUT2D eigenvalue weighted by atomic mass is 15.0. The fourth-order valence-electron chi connectivity index (χ4n) is 4.98. The van der Waals surface area contributed by atoms with Gasteiger partial charge in [-0.05, 0) is 51.9 Å². The molecule has 33 heavy (non-hydrogen) atoms. The minimum Gasteiger partial charge on any atom is -0.292 e. The average molecular weight is 421 g/mol. The first-order valence-corrected chi connectivity index (χ1v) is 11.2. The molecule has 2 aromatic heterocycles. The molecule has 0 aliphatic rings. The Bertz CT molecular complexity index is 1790. The van der Waals surface area contributed by atoms with Gasteiger partial charge in [0.2, 0.25) is 0 Å². The van der Waals surface area contributed by atoms with E-state index < -0.39 is 0 Å². The highest BCUT2D eigenvalue weighted by molar-refractivity contribution is 6.14. The van der Waals surface area contributed by atoms with Crippen LogP contribution >= 0.6 is 0 Å². The summed E-state index contributed by atoms with van der Waals surface area (Å²) in [5, 5.41) is 3.65. The van der Waals surface area contributed by atoms with Crippen molar-refractivity contribution in [2.24, 2.45) is 0 Å². The lowest BCUT2D eigenvalue weighted by atomic mass is 9.97. The summed E-state index contributed by atoms with van der Waals surface area (Å²) in [5.74, 6) is 0. The summed E-state index contributed by atoms with van der Waals surface area (Å²) in [5.41, 5.74) is 9.27. The van der Waals surface area contributed by atoms with E-state index >= 15 is 0 Å². The summed E-state index contributed by atoms with van der Waals surface area (Å²) in [6, 6.07) is 43.1.